The summed E-state index contributed by atoms with van der Waals surface area (Å²) in [6.45, 7) is 5.49. The van der Waals surface area contributed by atoms with Gasteiger partial charge in [-0.1, -0.05) is 26.7 Å². The monoisotopic (exact) mass is 323 g/mol. The number of hydrogen-bond donors (Lipinski definition) is 3. The highest BCUT2D eigenvalue weighted by atomic mass is 16.2. The van der Waals surface area contributed by atoms with Gasteiger partial charge < -0.3 is 16.0 Å². The summed E-state index contributed by atoms with van der Waals surface area (Å²) >= 11 is 0. The molecule has 2 fully saturated rings. The third-order valence-corrected chi connectivity index (χ3v) is 5.43. The van der Waals surface area contributed by atoms with Crippen molar-refractivity contribution in [2.24, 2.45) is 17.8 Å². The molecule has 0 saturated heterocycles. The second-order valence-corrected chi connectivity index (χ2v) is 7.61. The van der Waals surface area contributed by atoms with Gasteiger partial charge in [-0.3, -0.25) is 4.79 Å². The average Bonchev–Trinajstić information content (AvgIpc) is 2.99. The van der Waals surface area contributed by atoms with Gasteiger partial charge in [-0.05, 0) is 49.9 Å². The highest BCUT2D eigenvalue weighted by Gasteiger charge is 2.26. The summed E-state index contributed by atoms with van der Waals surface area (Å²) in [6.07, 6.45) is 8.97. The van der Waals surface area contributed by atoms with Gasteiger partial charge in [0, 0.05) is 25.6 Å². The van der Waals surface area contributed by atoms with Crippen LogP contribution in [-0.2, 0) is 4.79 Å². The van der Waals surface area contributed by atoms with E-state index >= 15 is 0 Å². The fourth-order valence-electron chi connectivity index (χ4n) is 4.03. The van der Waals surface area contributed by atoms with E-state index in [0.717, 1.165) is 12.3 Å². The summed E-state index contributed by atoms with van der Waals surface area (Å²) in [5.74, 6) is 1.99. The first-order chi connectivity index (χ1) is 11.0. The summed E-state index contributed by atoms with van der Waals surface area (Å²) in [4.78, 5) is 23.7. The van der Waals surface area contributed by atoms with Gasteiger partial charge in [-0.15, -0.1) is 0 Å². The van der Waals surface area contributed by atoms with Crippen LogP contribution in [0.4, 0.5) is 4.79 Å². The van der Waals surface area contributed by atoms with E-state index in [1.807, 2.05) is 0 Å². The molecule has 3 unspecified atom stereocenters. The topological polar surface area (TPSA) is 70.2 Å². The van der Waals surface area contributed by atoms with Crippen LogP contribution in [-0.4, -0.2) is 31.1 Å². The van der Waals surface area contributed by atoms with Crippen LogP contribution in [0.5, 0.6) is 0 Å². The molecule has 0 spiro atoms. The van der Waals surface area contributed by atoms with E-state index < -0.39 is 0 Å². The van der Waals surface area contributed by atoms with Crippen molar-refractivity contribution in [1.82, 2.24) is 16.0 Å². The molecule has 2 rings (SSSR count). The molecule has 0 radical (unpaired) electrons. The summed E-state index contributed by atoms with van der Waals surface area (Å²) in [5, 5.41) is 8.82. The number of amides is 3. The Hall–Kier alpha value is -1.26. The zero-order valence-electron chi connectivity index (χ0n) is 14.7. The van der Waals surface area contributed by atoms with Crippen LogP contribution in [0.2, 0.25) is 0 Å². The van der Waals surface area contributed by atoms with Crippen molar-refractivity contribution in [1.29, 1.82) is 0 Å². The first-order valence-corrected chi connectivity index (χ1v) is 9.35. The van der Waals surface area contributed by atoms with Gasteiger partial charge in [0.1, 0.15) is 0 Å². The summed E-state index contributed by atoms with van der Waals surface area (Å²) < 4.78 is 0. The number of nitrogens with one attached hydrogen (secondary N) is 3. The molecule has 5 nitrogen and oxygen atoms in total. The Kier molecular flexibility index (Phi) is 7.18. The number of hydrogen-bond acceptors (Lipinski definition) is 2. The Bertz CT molecular complexity index is 394. The van der Waals surface area contributed by atoms with Crippen LogP contribution >= 0.6 is 0 Å². The molecule has 0 aromatic rings. The van der Waals surface area contributed by atoms with Crippen molar-refractivity contribution in [3.05, 3.63) is 0 Å². The fraction of sp³-hybridized carbons (Fsp3) is 0.889. The second kappa shape index (κ2) is 9.14. The maximum atomic E-state index is 11.9. The minimum Gasteiger partial charge on any atom is -0.354 e. The average molecular weight is 323 g/mol. The molecule has 0 heterocycles. The van der Waals surface area contributed by atoms with Crippen LogP contribution in [0.1, 0.15) is 65.2 Å². The molecular formula is C18H33N3O2. The maximum absolute atomic E-state index is 11.9. The number of rotatable bonds is 6. The predicted octanol–water partition coefficient (Wildman–Crippen LogP) is 2.81. The van der Waals surface area contributed by atoms with Crippen LogP contribution in [0.25, 0.3) is 0 Å². The lowest BCUT2D eigenvalue weighted by molar-refractivity contribution is -0.121. The zero-order chi connectivity index (χ0) is 16.7. The van der Waals surface area contributed by atoms with Crippen LogP contribution in [0.3, 0.4) is 0 Å². The molecule has 5 heteroatoms. The van der Waals surface area contributed by atoms with E-state index in [1.165, 1.54) is 38.5 Å². The fourth-order valence-corrected chi connectivity index (χ4v) is 4.03. The molecule has 2 aliphatic rings. The Morgan fingerprint density at radius 3 is 2.35 bits per heavy atom. The largest absolute Gasteiger partial charge is 0.354 e. The summed E-state index contributed by atoms with van der Waals surface area (Å²) in [7, 11) is 0. The molecule has 3 N–H and O–H groups in total. The van der Waals surface area contributed by atoms with Crippen molar-refractivity contribution in [3.63, 3.8) is 0 Å². The first-order valence-electron chi connectivity index (χ1n) is 9.35. The van der Waals surface area contributed by atoms with Crippen molar-refractivity contribution in [2.45, 2.75) is 71.3 Å². The maximum Gasteiger partial charge on any atom is 0.315 e. The number of urea groups is 1. The second-order valence-electron chi connectivity index (χ2n) is 7.61. The molecular weight excluding hydrogens is 290 g/mol. The number of carbonyl (C=O) groups excluding carboxylic acids is 2. The van der Waals surface area contributed by atoms with E-state index in [-0.39, 0.29) is 18.0 Å². The van der Waals surface area contributed by atoms with Crippen molar-refractivity contribution in [3.8, 4) is 0 Å². The molecule has 0 aliphatic heterocycles. The minimum atomic E-state index is -0.110. The Morgan fingerprint density at radius 2 is 1.65 bits per heavy atom. The van der Waals surface area contributed by atoms with E-state index in [0.29, 0.717) is 31.3 Å². The van der Waals surface area contributed by atoms with Gasteiger partial charge in [0.15, 0.2) is 0 Å². The Morgan fingerprint density at radius 1 is 0.957 bits per heavy atom. The number of carbonyl (C=O) groups is 2. The summed E-state index contributed by atoms with van der Waals surface area (Å²) in [5.41, 5.74) is 0. The third-order valence-electron chi connectivity index (χ3n) is 5.43. The molecule has 0 bridgehead atoms. The van der Waals surface area contributed by atoms with Crippen molar-refractivity contribution < 1.29 is 9.59 Å². The Labute approximate surface area is 140 Å². The van der Waals surface area contributed by atoms with Gasteiger partial charge in [0.2, 0.25) is 5.91 Å². The van der Waals surface area contributed by atoms with E-state index in [2.05, 4.69) is 29.8 Å². The highest BCUT2D eigenvalue weighted by molar-refractivity contribution is 5.76. The molecule has 0 aromatic carbocycles. The third kappa shape index (κ3) is 6.40. The molecule has 2 saturated carbocycles. The predicted molar refractivity (Wildman–Crippen MR) is 92.1 cm³/mol. The minimum absolute atomic E-state index is 0.110. The molecule has 23 heavy (non-hydrogen) atoms. The standard InChI is InChI=1S/C18H33N3O2/c1-13-7-8-16(14(2)11-13)21-18(23)20-10-9-19-17(22)12-15-5-3-4-6-15/h13-16H,3-12H2,1-2H3,(H,19,22)(H2,20,21,23). The van der Waals surface area contributed by atoms with E-state index in [9.17, 15) is 9.59 Å². The van der Waals surface area contributed by atoms with E-state index in [4.69, 9.17) is 0 Å². The SMILES string of the molecule is CC1CCC(NC(=O)NCCNC(=O)CC2CCCC2)C(C)C1. The highest BCUT2D eigenvalue weighted by Crippen LogP contribution is 2.28. The van der Waals surface area contributed by atoms with Crippen molar-refractivity contribution in [2.75, 3.05) is 13.1 Å². The molecule has 3 amide bonds. The van der Waals surface area contributed by atoms with Gasteiger partial charge in [-0.2, -0.15) is 0 Å². The van der Waals surface area contributed by atoms with Crippen LogP contribution in [0, 0.1) is 17.8 Å². The lowest BCUT2D eigenvalue weighted by Crippen LogP contribution is -2.48. The molecule has 132 valence electrons. The van der Waals surface area contributed by atoms with Crippen LogP contribution < -0.4 is 16.0 Å². The van der Waals surface area contributed by atoms with Crippen LogP contribution in [0.15, 0.2) is 0 Å². The van der Waals surface area contributed by atoms with Gasteiger partial charge in [-0.25, -0.2) is 4.79 Å². The lowest BCUT2D eigenvalue weighted by Gasteiger charge is -2.33. The van der Waals surface area contributed by atoms with Gasteiger partial charge >= 0.3 is 6.03 Å². The molecule has 0 aromatic heterocycles. The smallest absolute Gasteiger partial charge is 0.315 e. The lowest BCUT2D eigenvalue weighted by atomic mass is 9.80. The first kappa shape index (κ1) is 18.1. The normalized spacial score (nSPS) is 28.3. The van der Waals surface area contributed by atoms with Gasteiger partial charge in [0.05, 0.1) is 0 Å². The Balaban J connectivity index is 1.53. The van der Waals surface area contributed by atoms with Gasteiger partial charge in [0.25, 0.3) is 0 Å². The molecule has 3 atom stereocenters. The summed E-state index contributed by atoms with van der Waals surface area (Å²) in [6, 6.07) is 0.171. The van der Waals surface area contributed by atoms with E-state index in [1.54, 1.807) is 0 Å². The zero-order valence-corrected chi connectivity index (χ0v) is 14.7. The van der Waals surface area contributed by atoms with Crippen molar-refractivity contribution >= 4 is 11.9 Å². The quantitative estimate of drug-likeness (QED) is 0.658. The molecule has 2 aliphatic carbocycles.